The van der Waals surface area contributed by atoms with Crippen molar-refractivity contribution >= 4 is 40.9 Å². The summed E-state index contributed by atoms with van der Waals surface area (Å²) in [6.07, 6.45) is 0.757. The molecule has 1 unspecified atom stereocenters. The average Bonchev–Trinajstić information content (AvgIpc) is 3.06. The van der Waals surface area contributed by atoms with Gasteiger partial charge in [-0.3, -0.25) is 9.69 Å². The molecule has 0 N–H and O–H groups in total. The molecular weight excluding hydrogens is 334 g/mol. The Morgan fingerprint density at radius 3 is 2.74 bits per heavy atom. The molecule has 116 valence electrons. The SMILES string of the molecule is O=C1CCC2(C(=O)Oc3ccccc3Cl)Sc3ccccc3N12. The molecule has 0 aromatic heterocycles. The number of hydrogen-bond acceptors (Lipinski definition) is 4. The molecule has 0 spiro atoms. The Kier molecular flexibility index (Phi) is 3.36. The van der Waals surface area contributed by atoms with Crippen molar-refractivity contribution in [2.45, 2.75) is 22.6 Å². The summed E-state index contributed by atoms with van der Waals surface area (Å²) in [5.74, 6) is -0.208. The van der Waals surface area contributed by atoms with Crippen LogP contribution in [0.2, 0.25) is 5.02 Å². The van der Waals surface area contributed by atoms with Gasteiger partial charge >= 0.3 is 5.97 Å². The van der Waals surface area contributed by atoms with Gasteiger partial charge in [-0.05, 0) is 24.3 Å². The van der Waals surface area contributed by atoms with Crippen LogP contribution in [0.4, 0.5) is 5.69 Å². The predicted molar refractivity (Wildman–Crippen MR) is 88.8 cm³/mol. The van der Waals surface area contributed by atoms with Gasteiger partial charge in [-0.2, -0.15) is 0 Å². The van der Waals surface area contributed by atoms with E-state index >= 15 is 0 Å². The molecule has 0 bridgehead atoms. The summed E-state index contributed by atoms with van der Waals surface area (Å²) in [5.41, 5.74) is 0.774. The number of amides is 1. The molecule has 1 amide bonds. The number of esters is 1. The Balaban J connectivity index is 1.72. The lowest BCUT2D eigenvalue weighted by atomic mass is 10.2. The predicted octanol–water partition coefficient (Wildman–Crippen LogP) is 3.87. The molecular formula is C17H12ClNO3S. The van der Waals surface area contributed by atoms with Crippen molar-refractivity contribution in [2.24, 2.45) is 0 Å². The van der Waals surface area contributed by atoms with Crippen molar-refractivity contribution in [3.05, 3.63) is 53.6 Å². The molecule has 0 aliphatic carbocycles. The van der Waals surface area contributed by atoms with E-state index in [1.165, 1.54) is 11.8 Å². The van der Waals surface area contributed by atoms with Crippen LogP contribution < -0.4 is 9.64 Å². The van der Waals surface area contributed by atoms with Crippen LogP contribution in [0.1, 0.15) is 12.8 Å². The summed E-state index contributed by atoms with van der Waals surface area (Å²) in [7, 11) is 0. The van der Waals surface area contributed by atoms with E-state index in [9.17, 15) is 9.59 Å². The highest BCUT2D eigenvalue weighted by Gasteiger charge is 2.58. The molecule has 0 saturated carbocycles. The number of benzene rings is 2. The monoisotopic (exact) mass is 345 g/mol. The highest BCUT2D eigenvalue weighted by Crippen LogP contribution is 2.56. The molecule has 4 nitrogen and oxygen atoms in total. The van der Waals surface area contributed by atoms with E-state index in [1.807, 2.05) is 24.3 Å². The van der Waals surface area contributed by atoms with E-state index in [-0.39, 0.29) is 5.91 Å². The van der Waals surface area contributed by atoms with Crippen molar-refractivity contribution in [2.75, 3.05) is 4.90 Å². The summed E-state index contributed by atoms with van der Waals surface area (Å²) < 4.78 is 5.53. The minimum atomic E-state index is -1.03. The van der Waals surface area contributed by atoms with Crippen LogP contribution in [0.3, 0.4) is 0 Å². The summed E-state index contributed by atoms with van der Waals surface area (Å²) >= 11 is 7.45. The summed E-state index contributed by atoms with van der Waals surface area (Å²) in [5, 5.41) is 0.369. The third kappa shape index (κ3) is 2.15. The number of thioether (sulfide) groups is 1. The lowest BCUT2D eigenvalue weighted by molar-refractivity contribution is -0.137. The zero-order valence-corrected chi connectivity index (χ0v) is 13.6. The van der Waals surface area contributed by atoms with E-state index in [0.717, 1.165) is 10.6 Å². The highest BCUT2D eigenvalue weighted by atomic mass is 35.5. The topological polar surface area (TPSA) is 46.6 Å². The second kappa shape index (κ2) is 5.28. The number of fused-ring (bicyclic) bond motifs is 3. The van der Waals surface area contributed by atoms with E-state index in [4.69, 9.17) is 16.3 Å². The third-order valence-corrected chi connectivity index (χ3v) is 5.80. The quantitative estimate of drug-likeness (QED) is 0.612. The molecule has 1 saturated heterocycles. The Morgan fingerprint density at radius 2 is 1.91 bits per heavy atom. The molecule has 1 fully saturated rings. The summed E-state index contributed by atoms with van der Waals surface area (Å²) in [6.45, 7) is 0. The maximum absolute atomic E-state index is 12.9. The zero-order valence-electron chi connectivity index (χ0n) is 12.0. The van der Waals surface area contributed by atoms with Crippen LogP contribution in [0.25, 0.3) is 0 Å². The van der Waals surface area contributed by atoms with Gasteiger partial charge in [0, 0.05) is 17.7 Å². The molecule has 0 radical (unpaired) electrons. The van der Waals surface area contributed by atoms with Crippen molar-refractivity contribution in [3.63, 3.8) is 0 Å². The first-order valence-corrected chi connectivity index (χ1v) is 8.39. The van der Waals surface area contributed by atoms with E-state index in [1.54, 1.807) is 29.2 Å². The molecule has 1 atom stereocenters. The molecule has 2 heterocycles. The molecule has 6 heteroatoms. The van der Waals surface area contributed by atoms with Gasteiger partial charge in [-0.15, -0.1) is 0 Å². The number of carbonyl (C=O) groups is 2. The van der Waals surface area contributed by atoms with E-state index in [2.05, 4.69) is 0 Å². The van der Waals surface area contributed by atoms with Gasteiger partial charge in [-0.25, -0.2) is 4.79 Å². The Hall–Kier alpha value is -1.98. The van der Waals surface area contributed by atoms with Crippen molar-refractivity contribution < 1.29 is 14.3 Å². The second-order valence-electron chi connectivity index (χ2n) is 5.40. The smallest absolute Gasteiger partial charge is 0.348 e. The van der Waals surface area contributed by atoms with Crippen LogP contribution in [-0.4, -0.2) is 16.7 Å². The van der Waals surface area contributed by atoms with Gasteiger partial charge in [0.2, 0.25) is 5.91 Å². The van der Waals surface area contributed by atoms with Gasteiger partial charge in [0.05, 0.1) is 10.7 Å². The fourth-order valence-electron chi connectivity index (χ4n) is 2.98. The minimum Gasteiger partial charge on any atom is -0.423 e. The number of nitrogens with zero attached hydrogens (tertiary/aromatic N) is 1. The Labute approximate surface area is 142 Å². The van der Waals surface area contributed by atoms with Crippen LogP contribution in [0, 0.1) is 0 Å². The molecule has 4 rings (SSSR count). The Bertz CT molecular complexity index is 825. The number of para-hydroxylation sites is 2. The van der Waals surface area contributed by atoms with E-state index in [0.29, 0.717) is 23.6 Å². The number of carbonyl (C=O) groups excluding carboxylic acids is 2. The molecule has 2 aliphatic heterocycles. The van der Waals surface area contributed by atoms with Gasteiger partial charge in [0.1, 0.15) is 5.75 Å². The third-order valence-electron chi connectivity index (χ3n) is 4.03. The lowest BCUT2D eigenvalue weighted by Gasteiger charge is -2.28. The Morgan fingerprint density at radius 1 is 1.17 bits per heavy atom. The van der Waals surface area contributed by atoms with Gasteiger partial charge in [0.25, 0.3) is 0 Å². The first-order valence-electron chi connectivity index (χ1n) is 7.20. The average molecular weight is 346 g/mol. The molecule has 23 heavy (non-hydrogen) atoms. The number of rotatable bonds is 2. The fraction of sp³-hybridized carbons (Fsp3) is 0.176. The minimum absolute atomic E-state index is 0.0569. The van der Waals surface area contributed by atoms with Crippen molar-refractivity contribution in [3.8, 4) is 5.75 Å². The van der Waals surface area contributed by atoms with Crippen LogP contribution in [0.5, 0.6) is 5.75 Å². The summed E-state index contributed by atoms with van der Waals surface area (Å²) in [6, 6.07) is 14.3. The second-order valence-corrected chi connectivity index (χ2v) is 7.13. The zero-order chi connectivity index (χ0) is 16.0. The van der Waals surface area contributed by atoms with Crippen LogP contribution in [-0.2, 0) is 9.59 Å². The maximum atomic E-state index is 12.9. The van der Waals surface area contributed by atoms with E-state index < -0.39 is 10.8 Å². The van der Waals surface area contributed by atoms with Crippen LogP contribution >= 0.6 is 23.4 Å². The number of halogens is 1. The van der Waals surface area contributed by atoms with Crippen molar-refractivity contribution in [1.82, 2.24) is 0 Å². The molecule has 2 aliphatic rings. The fourth-order valence-corrected chi connectivity index (χ4v) is 4.55. The standard InChI is InChI=1S/C17H12ClNO3S/c18-11-5-1-3-7-13(11)22-16(21)17-10-9-15(20)19(17)12-6-2-4-8-14(12)23-17/h1-8H,9-10H2. The highest BCUT2D eigenvalue weighted by molar-refractivity contribution is 8.02. The van der Waals surface area contributed by atoms with Gasteiger partial charge in [0.15, 0.2) is 4.87 Å². The molecule has 2 aromatic rings. The number of hydrogen-bond donors (Lipinski definition) is 0. The first-order chi connectivity index (χ1) is 11.1. The summed E-state index contributed by atoms with van der Waals surface area (Å²) in [4.78, 5) is 26.7. The van der Waals surface area contributed by atoms with Crippen LogP contribution in [0.15, 0.2) is 53.4 Å². The van der Waals surface area contributed by atoms with Crippen molar-refractivity contribution in [1.29, 1.82) is 0 Å². The lowest BCUT2D eigenvalue weighted by Crippen LogP contribution is -2.48. The first kappa shape index (κ1) is 14.6. The number of anilines is 1. The maximum Gasteiger partial charge on any atom is 0.348 e. The largest absolute Gasteiger partial charge is 0.423 e. The van der Waals surface area contributed by atoms with Gasteiger partial charge in [-0.1, -0.05) is 47.6 Å². The molecule has 2 aromatic carbocycles. The number of ether oxygens (including phenoxy) is 1. The van der Waals surface area contributed by atoms with Gasteiger partial charge < -0.3 is 4.74 Å². The normalized spacial score (nSPS) is 22.0.